The highest BCUT2D eigenvalue weighted by atomic mass is 16.5. The van der Waals surface area contributed by atoms with Gasteiger partial charge in [-0.1, -0.05) is 54.6 Å². The summed E-state index contributed by atoms with van der Waals surface area (Å²) < 4.78 is 5.66. The van der Waals surface area contributed by atoms with E-state index in [1.54, 1.807) is 4.90 Å². The molecule has 1 heterocycles. The molecule has 3 aromatic carbocycles. The van der Waals surface area contributed by atoms with E-state index >= 15 is 0 Å². The average molecular weight is 359 g/mol. The third-order valence-corrected chi connectivity index (χ3v) is 5.13. The van der Waals surface area contributed by atoms with Gasteiger partial charge in [0.2, 0.25) is 5.91 Å². The summed E-state index contributed by atoms with van der Waals surface area (Å²) in [4.78, 5) is 27.0. The zero-order valence-electron chi connectivity index (χ0n) is 15.4. The number of aryl methyl sites for hydroxylation is 2. The van der Waals surface area contributed by atoms with Crippen molar-refractivity contribution in [2.75, 3.05) is 11.4 Å². The van der Waals surface area contributed by atoms with Gasteiger partial charge in [-0.2, -0.15) is 0 Å². The topological polar surface area (TPSA) is 46.6 Å². The molecule has 4 heteroatoms. The zero-order chi connectivity index (χ0) is 19.0. The first kappa shape index (κ1) is 17.3. The van der Waals surface area contributed by atoms with Crippen LogP contribution in [0, 0.1) is 19.8 Å². The minimum Gasteiger partial charge on any atom is -0.426 e. The molecule has 0 spiro atoms. The van der Waals surface area contributed by atoms with Gasteiger partial charge in [-0.05, 0) is 36.4 Å². The second-order valence-electron chi connectivity index (χ2n) is 7.05. The van der Waals surface area contributed by atoms with E-state index < -0.39 is 5.92 Å². The number of esters is 1. The number of carbonyl (C=O) groups is 2. The van der Waals surface area contributed by atoms with Crippen molar-refractivity contribution in [2.24, 2.45) is 5.92 Å². The van der Waals surface area contributed by atoms with Crippen LogP contribution in [0.5, 0.6) is 5.75 Å². The summed E-state index contributed by atoms with van der Waals surface area (Å²) in [6.45, 7) is 4.17. The van der Waals surface area contributed by atoms with Crippen molar-refractivity contribution in [1.29, 1.82) is 0 Å². The SMILES string of the molecule is Cc1cccc(C)c1OC(=O)[C@H]1CC(=O)N(c2cccc3ccccc23)C1. The Balaban J connectivity index is 1.58. The molecule has 1 saturated heterocycles. The molecule has 0 aromatic heterocycles. The second-order valence-corrected chi connectivity index (χ2v) is 7.05. The lowest BCUT2D eigenvalue weighted by Crippen LogP contribution is -2.27. The second kappa shape index (κ2) is 6.88. The minimum atomic E-state index is -0.463. The molecule has 1 amide bonds. The number of amides is 1. The number of fused-ring (bicyclic) bond motifs is 1. The van der Waals surface area contributed by atoms with Crippen molar-refractivity contribution >= 4 is 28.3 Å². The van der Waals surface area contributed by atoms with Gasteiger partial charge >= 0.3 is 5.97 Å². The standard InChI is InChI=1S/C23H21NO3/c1-15-7-5-8-16(2)22(15)27-23(26)18-13-21(25)24(14-18)20-12-6-10-17-9-3-4-11-19(17)20/h3-12,18H,13-14H2,1-2H3/t18-/m0/s1. The van der Waals surface area contributed by atoms with E-state index in [1.165, 1.54) is 0 Å². The number of para-hydroxylation sites is 1. The summed E-state index contributed by atoms with van der Waals surface area (Å²) in [5, 5.41) is 2.08. The molecule has 0 aliphatic carbocycles. The highest BCUT2D eigenvalue weighted by Crippen LogP contribution is 2.32. The Bertz CT molecular complexity index is 1020. The number of benzene rings is 3. The molecule has 0 N–H and O–H groups in total. The molecular formula is C23H21NO3. The van der Waals surface area contributed by atoms with Gasteiger partial charge < -0.3 is 9.64 Å². The highest BCUT2D eigenvalue weighted by molar-refractivity contribution is 6.06. The zero-order valence-corrected chi connectivity index (χ0v) is 15.4. The number of hydrogen-bond acceptors (Lipinski definition) is 3. The van der Waals surface area contributed by atoms with Crippen LogP contribution in [0.3, 0.4) is 0 Å². The Morgan fingerprint density at radius 2 is 1.63 bits per heavy atom. The Morgan fingerprint density at radius 3 is 2.41 bits per heavy atom. The van der Waals surface area contributed by atoms with E-state index in [1.807, 2.05) is 74.5 Å². The van der Waals surface area contributed by atoms with Crippen LogP contribution in [0.2, 0.25) is 0 Å². The summed E-state index contributed by atoms with van der Waals surface area (Å²) in [5.74, 6) is -0.257. The fourth-order valence-electron chi connectivity index (χ4n) is 3.69. The normalized spacial score (nSPS) is 16.7. The van der Waals surface area contributed by atoms with Crippen LogP contribution < -0.4 is 9.64 Å². The first-order valence-electron chi connectivity index (χ1n) is 9.10. The van der Waals surface area contributed by atoms with Crippen LogP contribution in [-0.4, -0.2) is 18.4 Å². The molecule has 1 aliphatic rings. The van der Waals surface area contributed by atoms with Gasteiger partial charge in [0.15, 0.2) is 0 Å². The smallest absolute Gasteiger partial charge is 0.316 e. The maximum absolute atomic E-state index is 12.7. The van der Waals surface area contributed by atoms with Crippen molar-refractivity contribution in [3.63, 3.8) is 0 Å². The average Bonchev–Trinajstić information content (AvgIpc) is 3.06. The number of rotatable bonds is 3. The Morgan fingerprint density at radius 1 is 0.963 bits per heavy atom. The van der Waals surface area contributed by atoms with Crippen LogP contribution in [0.1, 0.15) is 17.5 Å². The Labute approximate surface area is 158 Å². The van der Waals surface area contributed by atoms with Gasteiger partial charge in [0, 0.05) is 18.4 Å². The van der Waals surface area contributed by atoms with Crippen molar-refractivity contribution < 1.29 is 14.3 Å². The monoisotopic (exact) mass is 359 g/mol. The van der Waals surface area contributed by atoms with Crippen molar-refractivity contribution in [2.45, 2.75) is 20.3 Å². The molecule has 0 unspecified atom stereocenters. The lowest BCUT2D eigenvalue weighted by Gasteiger charge is -2.19. The van der Waals surface area contributed by atoms with E-state index in [-0.39, 0.29) is 18.3 Å². The third kappa shape index (κ3) is 3.19. The van der Waals surface area contributed by atoms with Crippen molar-refractivity contribution in [3.05, 3.63) is 71.8 Å². The van der Waals surface area contributed by atoms with Gasteiger partial charge in [-0.15, -0.1) is 0 Å². The van der Waals surface area contributed by atoms with Gasteiger partial charge in [0.1, 0.15) is 5.75 Å². The summed E-state index contributed by atoms with van der Waals surface area (Å²) >= 11 is 0. The molecule has 0 radical (unpaired) electrons. The predicted molar refractivity (Wildman–Crippen MR) is 106 cm³/mol. The molecule has 1 aliphatic heterocycles. The van der Waals surface area contributed by atoms with Crippen LogP contribution in [-0.2, 0) is 9.59 Å². The number of hydrogen-bond donors (Lipinski definition) is 0. The molecule has 3 aromatic rings. The summed E-state index contributed by atoms with van der Waals surface area (Å²) in [5.41, 5.74) is 2.68. The van der Waals surface area contributed by atoms with Crippen LogP contribution in [0.25, 0.3) is 10.8 Å². The van der Waals surface area contributed by atoms with E-state index in [4.69, 9.17) is 4.74 Å². The van der Waals surface area contributed by atoms with E-state index in [9.17, 15) is 9.59 Å². The lowest BCUT2D eigenvalue weighted by atomic mass is 10.1. The van der Waals surface area contributed by atoms with Gasteiger partial charge in [-0.3, -0.25) is 9.59 Å². The third-order valence-electron chi connectivity index (χ3n) is 5.13. The molecule has 0 bridgehead atoms. The first-order chi connectivity index (χ1) is 13.0. The molecule has 4 nitrogen and oxygen atoms in total. The predicted octanol–water partition coefficient (Wildman–Crippen LogP) is 4.42. The molecule has 27 heavy (non-hydrogen) atoms. The van der Waals surface area contributed by atoms with Crippen LogP contribution in [0.15, 0.2) is 60.7 Å². The highest BCUT2D eigenvalue weighted by Gasteiger charge is 2.37. The lowest BCUT2D eigenvalue weighted by molar-refractivity contribution is -0.139. The number of carbonyl (C=O) groups excluding carboxylic acids is 2. The maximum atomic E-state index is 12.7. The molecular weight excluding hydrogens is 338 g/mol. The number of ether oxygens (including phenoxy) is 1. The fraction of sp³-hybridized carbons (Fsp3) is 0.217. The van der Waals surface area contributed by atoms with Gasteiger partial charge in [0.25, 0.3) is 0 Å². The van der Waals surface area contributed by atoms with Crippen LogP contribution in [0.4, 0.5) is 5.69 Å². The number of nitrogens with zero attached hydrogens (tertiary/aromatic N) is 1. The van der Waals surface area contributed by atoms with Crippen molar-refractivity contribution in [3.8, 4) is 5.75 Å². The first-order valence-corrected chi connectivity index (χ1v) is 9.10. The van der Waals surface area contributed by atoms with Crippen molar-refractivity contribution in [1.82, 2.24) is 0 Å². The maximum Gasteiger partial charge on any atom is 0.316 e. The molecule has 4 rings (SSSR count). The van der Waals surface area contributed by atoms with E-state index in [2.05, 4.69) is 0 Å². The minimum absolute atomic E-state index is 0.0465. The van der Waals surface area contributed by atoms with Gasteiger partial charge in [-0.25, -0.2) is 0 Å². The quantitative estimate of drug-likeness (QED) is 0.514. The number of anilines is 1. The Hall–Kier alpha value is -3.14. The fourth-order valence-corrected chi connectivity index (χ4v) is 3.69. The van der Waals surface area contributed by atoms with Gasteiger partial charge in [0.05, 0.1) is 11.6 Å². The molecule has 1 atom stereocenters. The van der Waals surface area contributed by atoms with E-state index in [0.717, 1.165) is 27.6 Å². The summed E-state index contributed by atoms with van der Waals surface area (Å²) in [6.07, 6.45) is 0.174. The summed E-state index contributed by atoms with van der Waals surface area (Å²) in [7, 11) is 0. The van der Waals surface area contributed by atoms with Crippen LogP contribution >= 0.6 is 0 Å². The molecule has 136 valence electrons. The van der Waals surface area contributed by atoms with E-state index in [0.29, 0.717) is 12.3 Å². The molecule has 1 fully saturated rings. The Kier molecular flexibility index (Phi) is 4.40. The molecule has 0 saturated carbocycles. The summed E-state index contributed by atoms with van der Waals surface area (Å²) in [6, 6.07) is 19.6. The largest absolute Gasteiger partial charge is 0.426 e.